The summed E-state index contributed by atoms with van der Waals surface area (Å²) < 4.78 is 0. The molecule has 1 atom stereocenters. The van der Waals surface area contributed by atoms with Crippen molar-refractivity contribution in [3.63, 3.8) is 0 Å². The van der Waals surface area contributed by atoms with E-state index in [0.717, 1.165) is 31.1 Å². The van der Waals surface area contributed by atoms with Crippen LogP contribution in [0.15, 0.2) is 6.07 Å². The van der Waals surface area contributed by atoms with Crippen molar-refractivity contribution >= 4 is 19.1 Å². The lowest BCUT2D eigenvalue weighted by Crippen LogP contribution is -2.50. The van der Waals surface area contributed by atoms with E-state index in [1.807, 2.05) is 0 Å². The zero-order chi connectivity index (χ0) is 13.4. The monoisotopic (exact) mass is 252 g/mol. The summed E-state index contributed by atoms with van der Waals surface area (Å²) in [6.07, 6.45) is 2.33. The van der Waals surface area contributed by atoms with Crippen molar-refractivity contribution < 1.29 is 0 Å². The van der Waals surface area contributed by atoms with E-state index in [-0.39, 0.29) is 0 Å². The minimum atomic E-state index is 0.420. The summed E-state index contributed by atoms with van der Waals surface area (Å²) >= 11 is 0. The van der Waals surface area contributed by atoms with Crippen molar-refractivity contribution in [2.24, 2.45) is 0 Å². The summed E-state index contributed by atoms with van der Waals surface area (Å²) in [6, 6.07) is 4.45. The molecule has 1 N–H and O–H groups in total. The summed E-state index contributed by atoms with van der Waals surface area (Å²) in [7, 11) is 6.02. The van der Waals surface area contributed by atoms with Gasteiger partial charge in [-0.15, -0.1) is 0 Å². The van der Waals surface area contributed by atoms with Gasteiger partial charge in [-0.25, -0.2) is 4.98 Å². The zero-order valence-electron chi connectivity index (χ0n) is 11.2. The van der Waals surface area contributed by atoms with E-state index < -0.39 is 0 Å². The first-order valence-electron chi connectivity index (χ1n) is 6.88. The summed E-state index contributed by atoms with van der Waals surface area (Å²) in [4.78, 5) is 6.91. The number of hydrogen-bond acceptors (Lipinski definition) is 4. The normalized spacial score (nSPS) is 23.2. The van der Waals surface area contributed by atoms with Crippen molar-refractivity contribution in [1.82, 2.24) is 10.3 Å². The van der Waals surface area contributed by atoms with Crippen LogP contribution < -0.4 is 15.7 Å². The van der Waals surface area contributed by atoms with Gasteiger partial charge in [0, 0.05) is 37.3 Å². The second-order valence-corrected chi connectivity index (χ2v) is 5.52. The van der Waals surface area contributed by atoms with E-state index in [1.165, 1.54) is 12.8 Å². The Morgan fingerprint density at radius 1 is 1.53 bits per heavy atom. The van der Waals surface area contributed by atoms with Gasteiger partial charge in [0.2, 0.25) is 0 Å². The lowest BCUT2D eigenvalue weighted by atomic mass is 9.90. The van der Waals surface area contributed by atoms with Crippen LogP contribution >= 0.6 is 0 Å². The van der Waals surface area contributed by atoms with Gasteiger partial charge in [0.1, 0.15) is 19.7 Å². The first-order valence-corrected chi connectivity index (χ1v) is 6.88. The second kappa shape index (κ2) is 4.86. The predicted molar refractivity (Wildman–Crippen MR) is 76.0 cm³/mol. The lowest BCUT2D eigenvalue weighted by molar-refractivity contribution is 0.482. The molecular weight excluding hydrogens is 235 g/mol. The number of rotatable bonds is 2. The Kier molecular flexibility index (Phi) is 3.20. The third-order valence-corrected chi connectivity index (χ3v) is 3.82. The van der Waals surface area contributed by atoms with Gasteiger partial charge >= 0.3 is 0 Å². The average molecular weight is 252 g/mol. The van der Waals surface area contributed by atoms with E-state index in [4.69, 9.17) is 12.8 Å². The molecule has 2 aliphatic rings. The molecule has 1 aliphatic heterocycles. The highest BCUT2D eigenvalue weighted by molar-refractivity contribution is 6.33. The molecule has 0 spiro atoms. The number of hydrogen-bond donors (Lipinski definition) is 1. The van der Waals surface area contributed by atoms with E-state index in [2.05, 4.69) is 23.2 Å². The van der Waals surface area contributed by atoms with Crippen LogP contribution in [-0.4, -0.2) is 38.5 Å². The molecule has 1 aliphatic carbocycles. The van der Waals surface area contributed by atoms with Crippen molar-refractivity contribution in [2.45, 2.75) is 31.7 Å². The number of nitriles is 1. The van der Waals surface area contributed by atoms with Crippen molar-refractivity contribution in [2.75, 3.05) is 24.5 Å². The highest BCUT2D eigenvalue weighted by Crippen LogP contribution is 2.39. The zero-order valence-corrected chi connectivity index (χ0v) is 11.2. The van der Waals surface area contributed by atoms with E-state index in [1.54, 1.807) is 6.07 Å². The highest BCUT2D eigenvalue weighted by atomic mass is 15.2. The SMILES string of the molecule is [B]c1cc(C#N)c(N2CCN[C@H](C)C2)nc1C1CC1. The fourth-order valence-corrected chi connectivity index (χ4v) is 2.66. The Labute approximate surface area is 115 Å². The summed E-state index contributed by atoms with van der Waals surface area (Å²) in [5, 5.41) is 12.7. The summed E-state index contributed by atoms with van der Waals surface area (Å²) in [5.74, 6) is 1.32. The number of anilines is 1. The Balaban J connectivity index is 1.98. The first kappa shape index (κ1) is 12.5. The van der Waals surface area contributed by atoms with Gasteiger partial charge in [0.05, 0.1) is 5.56 Å². The standard InChI is InChI=1S/C14H17BN4/c1-9-8-19(5-4-17-9)14-11(7-16)6-12(15)13(18-14)10-2-3-10/h6,9-10,17H,2-5,8H2,1H3/t9-/m1/s1. The molecule has 2 radical (unpaired) electrons. The number of aromatic nitrogens is 1. The topological polar surface area (TPSA) is 52.0 Å². The largest absolute Gasteiger partial charge is 0.353 e. The molecule has 1 aromatic rings. The molecule has 1 aromatic heterocycles. The van der Waals surface area contributed by atoms with Crippen LogP contribution in [0.3, 0.4) is 0 Å². The Hall–Kier alpha value is -1.54. The molecule has 0 amide bonds. The molecule has 5 heteroatoms. The van der Waals surface area contributed by atoms with E-state index in [9.17, 15) is 5.26 Å². The quantitative estimate of drug-likeness (QED) is 0.775. The third-order valence-electron chi connectivity index (χ3n) is 3.82. The molecular formula is C14H17BN4. The fraction of sp³-hybridized carbons (Fsp3) is 0.571. The molecule has 96 valence electrons. The van der Waals surface area contributed by atoms with Crippen molar-refractivity contribution in [3.8, 4) is 6.07 Å². The molecule has 1 saturated carbocycles. The Morgan fingerprint density at radius 2 is 2.32 bits per heavy atom. The molecule has 2 heterocycles. The van der Waals surface area contributed by atoms with Gasteiger partial charge < -0.3 is 10.2 Å². The van der Waals surface area contributed by atoms with Gasteiger partial charge in [-0.3, -0.25) is 0 Å². The van der Waals surface area contributed by atoms with Crippen molar-refractivity contribution in [1.29, 1.82) is 5.26 Å². The molecule has 0 bridgehead atoms. The molecule has 0 unspecified atom stereocenters. The lowest BCUT2D eigenvalue weighted by Gasteiger charge is -2.33. The predicted octanol–water partition coefficient (Wildman–Crippen LogP) is 0.423. The minimum Gasteiger partial charge on any atom is -0.353 e. The van der Waals surface area contributed by atoms with E-state index in [0.29, 0.717) is 23.0 Å². The van der Waals surface area contributed by atoms with Crippen LogP contribution in [0.25, 0.3) is 0 Å². The van der Waals surface area contributed by atoms with Crippen LogP contribution in [0.5, 0.6) is 0 Å². The maximum absolute atomic E-state index is 9.30. The number of pyridine rings is 1. The smallest absolute Gasteiger partial charge is 0.146 e. The summed E-state index contributed by atoms with van der Waals surface area (Å²) in [6.45, 7) is 4.85. The average Bonchev–Trinajstić information content (AvgIpc) is 3.22. The molecule has 19 heavy (non-hydrogen) atoms. The van der Waals surface area contributed by atoms with Gasteiger partial charge in [-0.05, 0) is 25.8 Å². The van der Waals surface area contributed by atoms with Crippen LogP contribution in [0.4, 0.5) is 5.82 Å². The number of nitrogens with zero attached hydrogens (tertiary/aromatic N) is 3. The van der Waals surface area contributed by atoms with Crippen LogP contribution in [0.2, 0.25) is 0 Å². The molecule has 1 saturated heterocycles. The number of nitrogens with one attached hydrogen (secondary N) is 1. The molecule has 2 fully saturated rings. The van der Waals surface area contributed by atoms with Crippen LogP contribution in [-0.2, 0) is 0 Å². The summed E-state index contributed by atoms with van der Waals surface area (Å²) in [5.41, 5.74) is 2.25. The maximum atomic E-state index is 9.30. The van der Waals surface area contributed by atoms with Gasteiger partial charge in [-0.1, -0.05) is 5.46 Å². The fourth-order valence-electron chi connectivity index (χ4n) is 2.66. The van der Waals surface area contributed by atoms with Crippen LogP contribution in [0, 0.1) is 11.3 Å². The molecule has 0 aromatic carbocycles. The number of piperazine rings is 1. The van der Waals surface area contributed by atoms with Gasteiger partial charge in [-0.2, -0.15) is 5.26 Å². The first-order chi connectivity index (χ1) is 9.19. The second-order valence-electron chi connectivity index (χ2n) is 5.52. The highest BCUT2D eigenvalue weighted by Gasteiger charge is 2.29. The van der Waals surface area contributed by atoms with Crippen LogP contribution in [0.1, 0.15) is 36.9 Å². The third kappa shape index (κ3) is 2.45. The van der Waals surface area contributed by atoms with E-state index >= 15 is 0 Å². The maximum Gasteiger partial charge on any atom is 0.146 e. The Bertz CT molecular complexity index is 533. The minimum absolute atomic E-state index is 0.420. The van der Waals surface area contributed by atoms with Gasteiger partial charge in [0.25, 0.3) is 0 Å². The van der Waals surface area contributed by atoms with Crippen molar-refractivity contribution in [3.05, 3.63) is 17.3 Å². The molecule has 3 rings (SSSR count). The van der Waals surface area contributed by atoms with Gasteiger partial charge in [0.15, 0.2) is 0 Å². The molecule has 4 nitrogen and oxygen atoms in total. The Morgan fingerprint density at radius 3 is 2.95 bits per heavy atom.